The fourth-order valence-electron chi connectivity index (χ4n) is 3.46. The number of phenolic OH excluding ortho intramolecular Hbond substituents is 2. The maximum Gasteiger partial charge on any atom is 0.258 e. The number of carbonyl (C=O) groups is 1. The lowest BCUT2D eigenvalue weighted by atomic mass is 9.92. The summed E-state index contributed by atoms with van der Waals surface area (Å²) in [5.41, 5.74) is 3.16. The summed E-state index contributed by atoms with van der Waals surface area (Å²) < 4.78 is 0. The molecule has 1 aliphatic rings. The van der Waals surface area contributed by atoms with Gasteiger partial charge in [-0.05, 0) is 43.9 Å². The number of phenols is 2. The van der Waals surface area contributed by atoms with Crippen molar-refractivity contribution in [3.05, 3.63) is 47.0 Å². The van der Waals surface area contributed by atoms with Gasteiger partial charge in [0.15, 0.2) is 0 Å². The fourth-order valence-corrected chi connectivity index (χ4v) is 3.46. The lowest BCUT2D eigenvalue weighted by Crippen LogP contribution is -2.16. The lowest BCUT2D eigenvalue weighted by Gasteiger charge is -2.17. The van der Waals surface area contributed by atoms with Crippen LogP contribution < -0.4 is 0 Å². The Morgan fingerprint density at radius 1 is 1.23 bits per heavy atom. The van der Waals surface area contributed by atoms with Gasteiger partial charge in [0.2, 0.25) is 0 Å². The van der Waals surface area contributed by atoms with Crippen molar-refractivity contribution in [2.45, 2.75) is 52.5 Å². The number of benzene rings is 2. The van der Waals surface area contributed by atoms with Crippen molar-refractivity contribution in [2.75, 3.05) is 6.54 Å². The zero-order chi connectivity index (χ0) is 18.8. The maximum atomic E-state index is 12.9. The number of unbranched alkanes of at least 4 members (excludes halogenated alkanes) is 2. The number of aryl methyl sites for hydroxylation is 2. The molecule has 0 spiro atoms. The van der Waals surface area contributed by atoms with Crippen LogP contribution in [0.4, 0.5) is 0 Å². The second-order valence-corrected chi connectivity index (χ2v) is 7.29. The normalized spacial score (nSPS) is 16.0. The second kappa shape index (κ2) is 7.40. The van der Waals surface area contributed by atoms with Crippen molar-refractivity contribution in [1.82, 2.24) is 4.90 Å². The van der Waals surface area contributed by atoms with E-state index in [-0.39, 0.29) is 23.4 Å². The van der Waals surface area contributed by atoms with Crippen molar-refractivity contribution >= 4 is 5.91 Å². The van der Waals surface area contributed by atoms with E-state index in [1.54, 1.807) is 11.0 Å². The van der Waals surface area contributed by atoms with E-state index in [2.05, 4.69) is 6.92 Å². The molecule has 4 nitrogen and oxygen atoms in total. The third-order valence-electron chi connectivity index (χ3n) is 5.05. The van der Waals surface area contributed by atoms with Gasteiger partial charge >= 0.3 is 0 Å². The Balaban J connectivity index is 2.10. The summed E-state index contributed by atoms with van der Waals surface area (Å²) in [5, 5.41) is 21.6. The van der Waals surface area contributed by atoms with Gasteiger partial charge in [-0.25, -0.2) is 0 Å². The van der Waals surface area contributed by atoms with E-state index in [0.717, 1.165) is 30.4 Å². The Morgan fingerprint density at radius 2 is 1.96 bits per heavy atom. The summed E-state index contributed by atoms with van der Waals surface area (Å²) in [5.74, 6) is -0.225. The number of rotatable bonds is 6. The lowest BCUT2D eigenvalue weighted by molar-refractivity contribution is 0.0872. The van der Waals surface area contributed by atoms with E-state index in [1.807, 2.05) is 38.1 Å². The van der Waals surface area contributed by atoms with Crippen LogP contribution in [0.25, 0.3) is 11.1 Å². The first-order chi connectivity index (χ1) is 12.4. The SMILES string of the molecule is CCCCCc1cc(O)c(-c2cccc(C)c2)c(O)c1C(=O)N1C[C@H]1C. The third-order valence-corrected chi connectivity index (χ3v) is 5.05. The van der Waals surface area contributed by atoms with Gasteiger partial charge in [-0.2, -0.15) is 0 Å². The molecule has 4 heteroatoms. The van der Waals surface area contributed by atoms with Crippen molar-refractivity contribution in [3.63, 3.8) is 0 Å². The highest BCUT2D eigenvalue weighted by atomic mass is 16.3. The van der Waals surface area contributed by atoms with E-state index in [0.29, 0.717) is 29.7 Å². The van der Waals surface area contributed by atoms with Crippen molar-refractivity contribution < 1.29 is 15.0 Å². The van der Waals surface area contributed by atoms with Crippen LogP contribution in [0.15, 0.2) is 30.3 Å². The van der Waals surface area contributed by atoms with Gasteiger partial charge < -0.3 is 15.1 Å². The summed E-state index contributed by atoms with van der Waals surface area (Å²) in [6.45, 7) is 6.79. The van der Waals surface area contributed by atoms with Crippen molar-refractivity contribution in [1.29, 1.82) is 0 Å². The van der Waals surface area contributed by atoms with Gasteiger partial charge in [0, 0.05) is 12.6 Å². The molecular formula is C22H27NO3. The van der Waals surface area contributed by atoms with E-state index in [9.17, 15) is 15.0 Å². The molecule has 3 rings (SSSR count). The largest absolute Gasteiger partial charge is 0.507 e. The van der Waals surface area contributed by atoms with Gasteiger partial charge in [0.25, 0.3) is 5.91 Å². The van der Waals surface area contributed by atoms with Gasteiger partial charge in [-0.3, -0.25) is 4.79 Å². The van der Waals surface area contributed by atoms with Crippen LogP contribution in [-0.4, -0.2) is 33.6 Å². The summed E-state index contributed by atoms with van der Waals surface area (Å²) in [6, 6.07) is 9.45. The minimum Gasteiger partial charge on any atom is -0.507 e. The molecule has 1 saturated heterocycles. The Labute approximate surface area is 155 Å². The molecule has 1 fully saturated rings. The summed E-state index contributed by atoms with van der Waals surface area (Å²) in [4.78, 5) is 14.7. The maximum absolute atomic E-state index is 12.9. The number of carbonyl (C=O) groups excluding carboxylic acids is 1. The first-order valence-electron chi connectivity index (χ1n) is 9.39. The van der Waals surface area contributed by atoms with Gasteiger partial charge in [-0.15, -0.1) is 0 Å². The Morgan fingerprint density at radius 3 is 2.58 bits per heavy atom. The highest BCUT2D eigenvalue weighted by Crippen LogP contribution is 2.43. The van der Waals surface area contributed by atoms with Crippen LogP contribution in [0.2, 0.25) is 0 Å². The zero-order valence-corrected chi connectivity index (χ0v) is 15.7. The van der Waals surface area contributed by atoms with Crippen LogP contribution in [-0.2, 0) is 6.42 Å². The molecule has 0 aromatic heterocycles. The predicted octanol–water partition coefficient (Wildman–Crippen LogP) is 4.65. The van der Waals surface area contributed by atoms with E-state index >= 15 is 0 Å². The molecule has 26 heavy (non-hydrogen) atoms. The van der Waals surface area contributed by atoms with Crippen LogP contribution >= 0.6 is 0 Å². The van der Waals surface area contributed by atoms with Gasteiger partial charge in [0.05, 0.1) is 11.1 Å². The molecule has 138 valence electrons. The van der Waals surface area contributed by atoms with E-state index in [4.69, 9.17) is 0 Å². The molecule has 0 unspecified atom stereocenters. The molecule has 2 N–H and O–H groups in total. The van der Waals surface area contributed by atoms with Gasteiger partial charge in [-0.1, -0.05) is 49.6 Å². The molecule has 0 aliphatic carbocycles. The molecule has 1 atom stereocenters. The first kappa shape index (κ1) is 18.3. The molecule has 0 saturated carbocycles. The quantitative estimate of drug-likeness (QED) is 0.587. The minimum absolute atomic E-state index is 0.0231. The summed E-state index contributed by atoms with van der Waals surface area (Å²) in [6.07, 6.45) is 3.72. The topological polar surface area (TPSA) is 60.5 Å². The van der Waals surface area contributed by atoms with E-state index < -0.39 is 0 Å². The van der Waals surface area contributed by atoms with Crippen LogP contribution in [0, 0.1) is 6.92 Å². The molecule has 1 heterocycles. The van der Waals surface area contributed by atoms with Crippen molar-refractivity contribution in [3.8, 4) is 22.6 Å². The number of nitrogens with zero attached hydrogens (tertiary/aromatic N) is 1. The highest BCUT2D eigenvalue weighted by Gasteiger charge is 2.37. The Hall–Kier alpha value is -2.49. The number of hydrogen-bond donors (Lipinski definition) is 2. The molecule has 0 radical (unpaired) electrons. The molecule has 1 aliphatic heterocycles. The average Bonchev–Trinajstić information content (AvgIpc) is 3.31. The summed E-state index contributed by atoms with van der Waals surface area (Å²) >= 11 is 0. The minimum atomic E-state index is -0.143. The molecule has 2 aromatic carbocycles. The van der Waals surface area contributed by atoms with Crippen molar-refractivity contribution in [2.24, 2.45) is 0 Å². The second-order valence-electron chi connectivity index (χ2n) is 7.29. The highest BCUT2D eigenvalue weighted by molar-refractivity contribution is 6.03. The Bertz CT molecular complexity index is 828. The van der Waals surface area contributed by atoms with Crippen LogP contribution in [0.5, 0.6) is 11.5 Å². The standard InChI is InChI=1S/C22H27NO3/c1-4-5-6-9-17-12-18(24)19(16-10-7-8-14(2)11-16)21(25)20(17)22(26)23-13-15(23)3/h7-8,10-12,15,24-25H,4-6,9,13H2,1-3H3/t15-,23?/m1/s1. The number of amides is 1. The smallest absolute Gasteiger partial charge is 0.258 e. The molecule has 1 amide bonds. The monoisotopic (exact) mass is 353 g/mol. The molecule has 0 bridgehead atoms. The number of hydrogen-bond acceptors (Lipinski definition) is 3. The first-order valence-corrected chi connectivity index (χ1v) is 9.39. The number of aromatic hydroxyl groups is 2. The average molecular weight is 353 g/mol. The Kier molecular flexibility index (Phi) is 5.21. The van der Waals surface area contributed by atoms with Crippen LogP contribution in [0.1, 0.15) is 54.6 Å². The van der Waals surface area contributed by atoms with E-state index in [1.165, 1.54) is 0 Å². The zero-order valence-electron chi connectivity index (χ0n) is 15.7. The third kappa shape index (κ3) is 3.55. The molecule has 2 aromatic rings. The summed E-state index contributed by atoms with van der Waals surface area (Å²) in [7, 11) is 0. The molecular weight excluding hydrogens is 326 g/mol. The van der Waals surface area contributed by atoms with Crippen LogP contribution in [0.3, 0.4) is 0 Å². The fraction of sp³-hybridized carbons (Fsp3) is 0.409. The van der Waals surface area contributed by atoms with Gasteiger partial charge in [0.1, 0.15) is 11.5 Å². The predicted molar refractivity (Wildman–Crippen MR) is 104 cm³/mol.